The van der Waals surface area contributed by atoms with E-state index < -0.39 is 16.0 Å². The van der Waals surface area contributed by atoms with Crippen molar-refractivity contribution < 1.29 is 22.7 Å². The van der Waals surface area contributed by atoms with Crippen LogP contribution in [-0.4, -0.2) is 71.8 Å². The Kier molecular flexibility index (Phi) is 7.18. The third-order valence-electron chi connectivity index (χ3n) is 2.38. The molecule has 8 nitrogen and oxygen atoms in total. The predicted octanol–water partition coefficient (Wildman–Crippen LogP) is -0.214. The summed E-state index contributed by atoms with van der Waals surface area (Å²) in [6.07, 6.45) is 0. The largest absolute Gasteiger partial charge is 0.464 e. The van der Waals surface area contributed by atoms with Crippen LogP contribution in [-0.2, 0) is 19.5 Å². The first-order valence-electron chi connectivity index (χ1n) is 6.12. The Labute approximate surface area is 128 Å². The Balaban J connectivity index is 2.51. The number of nitrogens with one attached hydrogen (secondary N) is 1. The maximum absolute atomic E-state index is 12.1. The van der Waals surface area contributed by atoms with Gasteiger partial charge in [0.25, 0.3) is 10.0 Å². The van der Waals surface area contributed by atoms with Crippen LogP contribution in [0, 0.1) is 0 Å². The fourth-order valence-corrected chi connectivity index (χ4v) is 3.51. The van der Waals surface area contributed by atoms with E-state index in [1.54, 1.807) is 0 Å². The molecule has 0 spiro atoms. The van der Waals surface area contributed by atoms with Gasteiger partial charge in [0, 0.05) is 13.1 Å². The van der Waals surface area contributed by atoms with Crippen LogP contribution in [0.2, 0.25) is 0 Å². The van der Waals surface area contributed by atoms with Gasteiger partial charge >= 0.3 is 5.97 Å². The minimum absolute atomic E-state index is 0.119. The fraction of sp³-hybridized carbons (Fsp3) is 0.636. The molecule has 0 aromatic carbocycles. The zero-order chi connectivity index (χ0) is 15.9. The van der Waals surface area contributed by atoms with Gasteiger partial charge in [-0.25, -0.2) is 22.9 Å². The van der Waals surface area contributed by atoms with E-state index in [1.165, 1.54) is 12.6 Å². The van der Waals surface area contributed by atoms with Crippen molar-refractivity contribution >= 4 is 27.3 Å². The molecule has 0 unspecified atom stereocenters. The Morgan fingerprint density at radius 1 is 1.43 bits per heavy atom. The van der Waals surface area contributed by atoms with Crippen molar-refractivity contribution in [1.82, 2.24) is 14.6 Å². The van der Waals surface area contributed by atoms with Gasteiger partial charge in [-0.1, -0.05) is 0 Å². The topological polar surface area (TPSA) is 97.8 Å². The van der Waals surface area contributed by atoms with Gasteiger partial charge in [-0.2, -0.15) is 0 Å². The van der Waals surface area contributed by atoms with Crippen LogP contribution < -0.4 is 4.72 Å². The highest BCUT2D eigenvalue weighted by Gasteiger charge is 2.26. The van der Waals surface area contributed by atoms with Crippen LogP contribution in [0.25, 0.3) is 0 Å². The molecule has 1 aromatic rings. The van der Waals surface area contributed by atoms with Crippen LogP contribution >= 0.6 is 11.3 Å². The summed E-state index contributed by atoms with van der Waals surface area (Å²) >= 11 is 0.863. The van der Waals surface area contributed by atoms with Crippen LogP contribution in [0.1, 0.15) is 10.5 Å². The third-order valence-corrected chi connectivity index (χ3v) is 5.21. The molecule has 0 aliphatic rings. The number of hydrogen-bond donors (Lipinski definition) is 1. The quantitative estimate of drug-likeness (QED) is 0.492. The number of nitrogens with zero attached hydrogens (tertiary/aromatic N) is 2. The van der Waals surface area contributed by atoms with Gasteiger partial charge in [0.15, 0.2) is 9.90 Å². The Morgan fingerprint density at radius 2 is 2.14 bits per heavy atom. The van der Waals surface area contributed by atoms with Gasteiger partial charge in [0.1, 0.15) is 0 Å². The summed E-state index contributed by atoms with van der Waals surface area (Å²) in [5.41, 5.74) is 1.08. The second-order valence-corrected chi connectivity index (χ2v) is 7.11. The highest BCUT2D eigenvalue weighted by molar-refractivity contribution is 7.91. The molecular formula is C11H19N3O5S2. The minimum Gasteiger partial charge on any atom is -0.464 e. The summed E-state index contributed by atoms with van der Waals surface area (Å²) in [6.45, 7) is 1.64. The molecule has 1 aromatic heterocycles. The molecule has 1 rings (SSSR count). The van der Waals surface area contributed by atoms with Crippen molar-refractivity contribution in [2.24, 2.45) is 0 Å². The number of thiazole rings is 1. The monoisotopic (exact) mass is 337 g/mol. The van der Waals surface area contributed by atoms with E-state index in [0.717, 1.165) is 17.9 Å². The summed E-state index contributed by atoms with van der Waals surface area (Å²) < 4.78 is 36.1. The molecule has 1 heterocycles. The summed E-state index contributed by atoms with van der Waals surface area (Å²) in [5.74, 6) is -0.779. The van der Waals surface area contributed by atoms with Gasteiger partial charge < -0.3 is 14.4 Å². The summed E-state index contributed by atoms with van der Waals surface area (Å²) in [6, 6.07) is 0. The molecule has 0 amide bonds. The van der Waals surface area contributed by atoms with Gasteiger partial charge in [0.05, 0.1) is 25.8 Å². The lowest BCUT2D eigenvalue weighted by Gasteiger charge is -2.10. The number of carbonyl (C=O) groups is 1. The second-order valence-electron chi connectivity index (χ2n) is 4.29. The van der Waals surface area contributed by atoms with Crippen LogP contribution in [0.4, 0.5) is 0 Å². The third kappa shape index (κ3) is 5.67. The van der Waals surface area contributed by atoms with Crippen molar-refractivity contribution in [2.45, 2.75) is 4.21 Å². The average molecular weight is 337 g/mol. The first-order chi connectivity index (χ1) is 9.88. The fourth-order valence-electron chi connectivity index (χ4n) is 1.32. The first kappa shape index (κ1) is 18.0. The minimum atomic E-state index is -3.79. The predicted molar refractivity (Wildman–Crippen MR) is 78.0 cm³/mol. The maximum Gasteiger partial charge on any atom is 0.358 e. The molecule has 0 saturated carbocycles. The summed E-state index contributed by atoms with van der Waals surface area (Å²) in [4.78, 5) is 17.1. The van der Waals surface area contributed by atoms with E-state index in [1.807, 2.05) is 19.0 Å². The molecule has 0 atom stereocenters. The molecule has 0 fully saturated rings. The van der Waals surface area contributed by atoms with Crippen LogP contribution in [0.3, 0.4) is 0 Å². The lowest BCUT2D eigenvalue weighted by atomic mass is 10.5. The summed E-state index contributed by atoms with van der Waals surface area (Å²) in [5, 5.41) is 0. The highest BCUT2D eigenvalue weighted by Crippen LogP contribution is 2.20. The van der Waals surface area contributed by atoms with Gasteiger partial charge in [0.2, 0.25) is 0 Å². The summed E-state index contributed by atoms with van der Waals surface area (Å²) in [7, 11) is 1.22. The zero-order valence-corrected chi connectivity index (χ0v) is 13.8. The van der Waals surface area contributed by atoms with Gasteiger partial charge in [-0.15, -0.1) is 11.3 Å². The van der Waals surface area contributed by atoms with E-state index in [4.69, 9.17) is 4.74 Å². The lowest BCUT2D eigenvalue weighted by Crippen LogP contribution is -2.29. The Bertz CT molecular complexity index is 556. The molecule has 1 N–H and O–H groups in total. The SMILES string of the molecule is COC(=O)c1ncsc1S(=O)(=O)NCCOCCN(C)C. The second kappa shape index (κ2) is 8.39. The number of ether oxygens (including phenoxy) is 2. The smallest absolute Gasteiger partial charge is 0.358 e. The number of carbonyl (C=O) groups excluding carboxylic acids is 1. The maximum atomic E-state index is 12.1. The number of hydrogen-bond acceptors (Lipinski definition) is 8. The van der Waals surface area contributed by atoms with E-state index in [2.05, 4.69) is 14.4 Å². The first-order valence-corrected chi connectivity index (χ1v) is 8.48. The standard InChI is InChI=1S/C11H19N3O5S2/c1-14(2)5-7-19-6-4-13-21(16,17)11-9(10(15)18-3)12-8-20-11/h8,13H,4-7H2,1-3H3. The van der Waals surface area contributed by atoms with E-state index in [9.17, 15) is 13.2 Å². The normalized spacial score (nSPS) is 11.8. The number of methoxy groups -OCH3 is 1. The average Bonchev–Trinajstić information content (AvgIpc) is 2.91. The highest BCUT2D eigenvalue weighted by atomic mass is 32.2. The molecule has 21 heavy (non-hydrogen) atoms. The molecule has 0 radical (unpaired) electrons. The molecule has 0 aliphatic carbocycles. The molecule has 0 saturated heterocycles. The van der Waals surface area contributed by atoms with Gasteiger partial charge in [-0.3, -0.25) is 0 Å². The van der Waals surface area contributed by atoms with Crippen molar-refractivity contribution in [1.29, 1.82) is 0 Å². The molecule has 0 aliphatic heterocycles. The lowest BCUT2D eigenvalue weighted by molar-refractivity contribution is 0.0590. The van der Waals surface area contributed by atoms with Crippen molar-refractivity contribution in [3.05, 3.63) is 11.2 Å². The van der Waals surface area contributed by atoms with E-state index in [-0.39, 0.29) is 23.1 Å². The van der Waals surface area contributed by atoms with Crippen LogP contribution in [0.15, 0.2) is 9.72 Å². The number of rotatable bonds is 9. The number of likely N-dealkylation sites (N-methyl/N-ethyl adjacent to an activating group) is 1. The van der Waals surface area contributed by atoms with E-state index >= 15 is 0 Å². The van der Waals surface area contributed by atoms with Crippen LogP contribution in [0.5, 0.6) is 0 Å². The van der Waals surface area contributed by atoms with Crippen molar-refractivity contribution in [3.63, 3.8) is 0 Å². The molecule has 120 valence electrons. The van der Waals surface area contributed by atoms with E-state index in [0.29, 0.717) is 6.61 Å². The molecule has 0 bridgehead atoms. The van der Waals surface area contributed by atoms with Gasteiger partial charge in [-0.05, 0) is 14.1 Å². The molecular weight excluding hydrogens is 318 g/mol. The zero-order valence-electron chi connectivity index (χ0n) is 12.2. The number of aromatic nitrogens is 1. The molecule has 10 heteroatoms. The Morgan fingerprint density at radius 3 is 2.76 bits per heavy atom. The number of esters is 1. The van der Waals surface area contributed by atoms with Crippen molar-refractivity contribution in [3.8, 4) is 0 Å². The Hall–Kier alpha value is -1.07. The van der Waals surface area contributed by atoms with Crippen molar-refractivity contribution in [2.75, 3.05) is 47.5 Å². The number of sulfonamides is 1.